The van der Waals surface area contributed by atoms with E-state index >= 15 is 0 Å². The van der Waals surface area contributed by atoms with Crippen LogP contribution < -0.4 is 5.32 Å². The van der Waals surface area contributed by atoms with Crippen molar-refractivity contribution >= 4 is 23.6 Å². The number of aliphatic carboxylic acids is 1. The minimum absolute atomic E-state index is 0.102. The van der Waals surface area contributed by atoms with Gasteiger partial charge in [-0.25, -0.2) is 0 Å². The van der Waals surface area contributed by atoms with Gasteiger partial charge in [0.05, 0.1) is 11.8 Å². The summed E-state index contributed by atoms with van der Waals surface area (Å²) in [5.41, 5.74) is 0. The number of carbonyl (C=O) groups is 2. The number of nitrogens with one attached hydrogen (secondary N) is 1. The van der Waals surface area contributed by atoms with Crippen LogP contribution in [0.25, 0.3) is 0 Å². The minimum Gasteiger partial charge on any atom is -0.481 e. The van der Waals surface area contributed by atoms with Crippen LogP contribution in [-0.4, -0.2) is 35.0 Å². The van der Waals surface area contributed by atoms with Gasteiger partial charge in [0.25, 0.3) is 0 Å². The maximum absolute atomic E-state index is 11.6. The highest BCUT2D eigenvalue weighted by Crippen LogP contribution is 2.34. The van der Waals surface area contributed by atoms with Crippen molar-refractivity contribution < 1.29 is 14.7 Å². The van der Waals surface area contributed by atoms with Crippen molar-refractivity contribution in [3.8, 4) is 0 Å². The molecule has 86 valence electrons. The molecule has 3 atom stereocenters. The molecule has 1 rings (SSSR count). The Labute approximate surface area is 93.8 Å². The van der Waals surface area contributed by atoms with Crippen molar-refractivity contribution in [3.63, 3.8) is 0 Å². The standard InChI is InChI=1S/C10H17NO3S/c1-6(15-2)5-11-9(12)7-3-4-8(7)10(13)14/h6-8H,3-5H2,1-2H3,(H,11,12)(H,13,14). The van der Waals surface area contributed by atoms with Crippen LogP contribution in [0.4, 0.5) is 0 Å². The quantitative estimate of drug-likeness (QED) is 0.739. The van der Waals surface area contributed by atoms with Crippen LogP contribution in [0.1, 0.15) is 19.8 Å². The molecule has 0 bridgehead atoms. The van der Waals surface area contributed by atoms with Crippen LogP contribution >= 0.6 is 11.8 Å². The van der Waals surface area contributed by atoms with E-state index in [0.29, 0.717) is 24.6 Å². The van der Waals surface area contributed by atoms with Gasteiger partial charge in [0, 0.05) is 11.8 Å². The van der Waals surface area contributed by atoms with Crippen LogP contribution in [-0.2, 0) is 9.59 Å². The van der Waals surface area contributed by atoms with Crippen molar-refractivity contribution in [2.75, 3.05) is 12.8 Å². The van der Waals surface area contributed by atoms with Gasteiger partial charge < -0.3 is 10.4 Å². The monoisotopic (exact) mass is 231 g/mol. The lowest BCUT2D eigenvalue weighted by atomic mass is 9.73. The lowest BCUT2D eigenvalue weighted by Gasteiger charge is -2.32. The molecule has 0 aromatic heterocycles. The van der Waals surface area contributed by atoms with Crippen molar-refractivity contribution in [2.45, 2.75) is 25.0 Å². The summed E-state index contributed by atoms with van der Waals surface area (Å²) in [7, 11) is 0. The smallest absolute Gasteiger partial charge is 0.307 e. The van der Waals surface area contributed by atoms with Gasteiger partial charge in [0.1, 0.15) is 0 Å². The zero-order valence-corrected chi connectivity index (χ0v) is 9.84. The first kappa shape index (κ1) is 12.4. The molecule has 0 heterocycles. The predicted octanol–water partition coefficient (Wildman–Crippen LogP) is 0.965. The molecule has 1 aliphatic rings. The Bertz CT molecular complexity index is 257. The number of carboxylic acid groups (broad SMARTS) is 1. The van der Waals surface area contributed by atoms with Gasteiger partial charge in [-0.05, 0) is 19.1 Å². The van der Waals surface area contributed by atoms with Crippen molar-refractivity contribution in [1.82, 2.24) is 5.32 Å². The highest BCUT2D eigenvalue weighted by Gasteiger charge is 2.41. The molecular weight excluding hydrogens is 214 g/mol. The Morgan fingerprint density at radius 1 is 1.47 bits per heavy atom. The number of thioether (sulfide) groups is 1. The van der Waals surface area contributed by atoms with Gasteiger partial charge in [-0.3, -0.25) is 9.59 Å². The van der Waals surface area contributed by atoms with Crippen LogP contribution in [0.5, 0.6) is 0 Å². The largest absolute Gasteiger partial charge is 0.481 e. The summed E-state index contributed by atoms with van der Waals surface area (Å²) in [6.07, 6.45) is 3.32. The van der Waals surface area contributed by atoms with Gasteiger partial charge in [0.15, 0.2) is 0 Å². The molecule has 4 nitrogen and oxygen atoms in total. The Kier molecular flexibility index (Phi) is 4.45. The molecule has 5 heteroatoms. The van der Waals surface area contributed by atoms with Crippen LogP contribution in [0, 0.1) is 11.8 Å². The first-order valence-corrected chi connectivity index (χ1v) is 6.38. The summed E-state index contributed by atoms with van der Waals surface area (Å²) in [5, 5.41) is 12.0. The Hall–Kier alpha value is -0.710. The average molecular weight is 231 g/mol. The molecular formula is C10H17NO3S. The fraction of sp³-hybridized carbons (Fsp3) is 0.800. The van der Waals surface area contributed by atoms with Crippen molar-refractivity contribution in [2.24, 2.45) is 11.8 Å². The topological polar surface area (TPSA) is 66.4 Å². The molecule has 0 saturated heterocycles. The van der Waals surface area contributed by atoms with Gasteiger partial charge >= 0.3 is 5.97 Å². The van der Waals surface area contributed by atoms with E-state index in [-0.39, 0.29) is 11.8 Å². The van der Waals surface area contributed by atoms with E-state index in [1.54, 1.807) is 11.8 Å². The Morgan fingerprint density at radius 3 is 2.47 bits per heavy atom. The van der Waals surface area contributed by atoms with E-state index in [1.807, 2.05) is 13.2 Å². The molecule has 0 radical (unpaired) electrons. The van der Waals surface area contributed by atoms with E-state index in [0.717, 1.165) is 0 Å². The molecule has 0 aromatic carbocycles. The normalized spacial score (nSPS) is 26.5. The van der Waals surface area contributed by atoms with Crippen molar-refractivity contribution in [3.05, 3.63) is 0 Å². The third-order valence-electron chi connectivity index (χ3n) is 2.89. The highest BCUT2D eigenvalue weighted by atomic mass is 32.2. The lowest BCUT2D eigenvalue weighted by Crippen LogP contribution is -2.45. The molecule has 1 amide bonds. The molecule has 1 aliphatic carbocycles. The van der Waals surface area contributed by atoms with Gasteiger partial charge in [-0.15, -0.1) is 0 Å². The molecule has 0 aliphatic heterocycles. The zero-order valence-electron chi connectivity index (χ0n) is 9.03. The summed E-state index contributed by atoms with van der Waals surface area (Å²) in [5.74, 6) is -1.72. The average Bonchev–Trinajstić information content (AvgIpc) is 2.11. The SMILES string of the molecule is CSC(C)CNC(=O)C1CCC1C(=O)O. The second-order valence-corrected chi connectivity index (χ2v) is 5.20. The summed E-state index contributed by atoms with van der Waals surface area (Å²) in [6.45, 7) is 2.64. The highest BCUT2D eigenvalue weighted by molar-refractivity contribution is 7.99. The van der Waals surface area contributed by atoms with E-state index in [1.165, 1.54) is 0 Å². The molecule has 1 saturated carbocycles. The summed E-state index contributed by atoms with van der Waals surface area (Å²) < 4.78 is 0. The second kappa shape index (κ2) is 5.39. The number of hydrogen-bond acceptors (Lipinski definition) is 3. The first-order chi connectivity index (χ1) is 7.06. The molecule has 2 N–H and O–H groups in total. The fourth-order valence-corrected chi connectivity index (χ4v) is 1.82. The number of carbonyl (C=O) groups excluding carboxylic acids is 1. The summed E-state index contributed by atoms with van der Waals surface area (Å²) >= 11 is 1.68. The molecule has 0 spiro atoms. The number of carboxylic acids is 1. The van der Waals surface area contributed by atoms with Crippen molar-refractivity contribution in [1.29, 1.82) is 0 Å². The number of rotatable bonds is 5. The second-order valence-electron chi connectivity index (χ2n) is 3.92. The number of hydrogen-bond donors (Lipinski definition) is 2. The fourth-order valence-electron chi connectivity index (χ4n) is 1.57. The van der Waals surface area contributed by atoms with E-state index < -0.39 is 11.9 Å². The molecule has 0 aromatic rings. The summed E-state index contributed by atoms with van der Waals surface area (Å²) in [4.78, 5) is 22.3. The Balaban J connectivity index is 2.32. The maximum atomic E-state index is 11.6. The van der Waals surface area contributed by atoms with E-state index in [4.69, 9.17) is 5.11 Å². The van der Waals surface area contributed by atoms with Gasteiger partial charge in [-0.2, -0.15) is 11.8 Å². The van der Waals surface area contributed by atoms with Gasteiger partial charge in [0.2, 0.25) is 5.91 Å². The minimum atomic E-state index is -0.848. The van der Waals surface area contributed by atoms with E-state index in [9.17, 15) is 9.59 Å². The van der Waals surface area contributed by atoms with Gasteiger partial charge in [-0.1, -0.05) is 6.92 Å². The summed E-state index contributed by atoms with van der Waals surface area (Å²) in [6, 6.07) is 0. The lowest BCUT2D eigenvalue weighted by molar-refractivity contribution is -0.152. The van der Waals surface area contributed by atoms with Crippen LogP contribution in [0.3, 0.4) is 0 Å². The molecule has 15 heavy (non-hydrogen) atoms. The zero-order chi connectivity index (χ0) is 11.4. The third-order valence-corrected chi connectivity index (χ3v) is 3.87. The number of amides is 1. The molecule has 3 unspecified atom stereocenters. The van der Waals surface area contributed by atoms with Crippen LogP contribution in [0.15, 0.2) is 0 Å². The Morgan fingerprint density at radius 2 is 2.07 bits per heavy atom. The maximum Gasteiger partial charge on any atom is 0.307 e. The third kappa shape index (κ3) is 3.12. The molecule has 1 fully saturated rings. The van der Waals surface area contributed by atoms with E-state index in [2.05, 4.69) is 5.32 Å². The predicted molar refractivity (Wildman–Crippen MR) is 59.8 cm³/mol. The van der Waals surface area contributed by atoms with Crippen LogP contribution in [0.2, 0.25) is 0 Å². The first-order valence-electron chi connectivity index (χ1n) is 5.09.